The molecule has 0 amide bonds. The van der Waals surface area contributed by atoms with Crippen LogP contribution in [-0.2, 0) is 0 Å². The zero-order valence-corrected chi connectivity index (χ0v) is 20.4. The van der Waals surface area contributed by atoms with E-state index in [1.54, 1.807) is 0 Å². The summed E-state index contributed by atoms with van der Waals surface area (Å²) < 4.78 is 0. The molecule has 0 spiro atoms. The van der Waals surface area contributed by atoms with Gasteiger partial charge in [-0.2, -0.15) is 0 Å². The van der Waals surface area contributed by atoms with E-state index in [-0.39, 0.29) is 0 Å². The Morgan fingerprint density at radius 2 is 0.412 bits per heavy atom. The molecule has 0 aliphatic carbocycles. The predicted molar refractivity (Wildman–Crippen MR) is 147 cm³/mol. The van der Waals surface area contributed by atoms with Crippen LogP contribution in [0, 0.1) is 27.7 Å². The molecule has 5 aromatic carbocycles. The summed E-state index contributed by atoms with van der Waals surface area (Å²) in [5.74, 6) is 0. The average molecular weight is 439 g/mol. The number of aryl methyl sites for hydroxylation is 4. The summed E-state index contributed by atoms with van der Waals surface area (Å²) >= 11 is 0. The van der Waals surface area contributed by atoms with Gasteiger partial charge in [0.2, 0.25) is 0 Å². The van der Waals surface area contributed by atoms with E-state index in [9.17, 15) is 0 Å². The first-order valence-electron chi connectivity index (χ1n) is 11.9. The molecule has 0 aliphatic heterocycles. The van der Waals surface area contributed by atoms with Gasteiger partial charge in [0.05, 0.1) is 0 Å². The first-order valence-corrected chi connectivity index (χ1v) is 11.9. The molecule has 0 bridgehead atoms. The second-order valence-electron chi connectivity index (χ2n) is 9.48. The van der Waals surface area contributed by atoms with Gasteiger partial charge in [0.15, 0.2) is 0 Å². The van der Waals surface area contributed by atoms with E-state index >= 15 is 0 Å². The van der Waals surface area contributed by atoms with Gasteiger partial charge in [0.25, 0.3) is 0 Å². The third-order valence-electron chi connectivity index (χ3n) is 6.43. The van der Waals surface area contributed by atoms with Crippen molar-refractivity contribution >= 4 is 0 Å². The fourth-order valence-electron chi connectivity index (χ4n) is 4.85. The molecule has 0 nitrogen and oxygen atoms in total. The van der Waals surface area contributed by atoms with Crippen LogP contribution in [0.2, 0.25) is 0 Å². The highest BCUT2D eigenvalue weighted by atomic mass is 14.1. The molecule has 0 saturated heterocycles. The van der Waals surface area contributed by atoms with Crippen molar-refractivity contribution in [1.29, 1.82) is 0 Å². The number of hydrogen-bond donors (Lipinski definition) is 0. The molecular formula is C34H30. The molecule has 5 aromatic rings. The van der Waals surface area contributed by atoms with Crippen LogP contribution in [0.15, 0.2) is 109 Å². The Balaban J connectivity index is 1.35. The van der Waals surface area contributed by atoms with Crippen molar-refractivity contribution in [2.45, 2.75) is 27.7 Å². The van der Waals surface area contributed by atoms with Crippen LogP contribution in [0.1, 0.15) is 22.3 Å². The topological polar surface area (TPSA) is 0 Å². The Kier molecular flexibility index (Phi) is 5.90. The predicted octanol–water partition coefficient (Wildman–Crippen LogP) is 9.59. The molecule has 0 unspecified atom stereocenters. The van der Waals surface area contributed by atoms with E-state index in [4.69, 9.17) is 0 Å². The maximum atomic E-state index is 2.25. The third kappa shape index (κ3) is 4.72. The van der Waals surface area contributed by atoms with E-state index in [2.05, 4.69) is 137 Å². The fraction of sp³-hybridized carbons (Fsp3) is 0.118. The van der Waals surface area contributed by atoms with E-state index in [0.29, 0.717) is 0 Å². The molecule has 0 N–H and O–H groups in total. The Labute approximate surface area is 203 Å². The second-order valence-corrected chi connectivity index (χ2v) is 9.48. The van der Waals surface area contributed by atoms with Gasteiger partial charge >= 0.3 is 0 Å². The van der Waals surface area contributed by atoms with Gasteiger partial charge in [0.1, 0.15) is 0 Å². The van der Waals surface area contributed by atoms with Crippen LogP contribution in [0.25, 0.3) is 44.5 Å². The van der Waals surface area contributed by atoms with Gasteiger partial charge in [0, 0.05) is 0 Å². The zero-order valence-electron chi connectivity index (χ0n) is 20.4. The monoisotopic (exact) mass is 438 g/mol. The first kappa shape index (κ1) is 21.9. The van der Waals surface area contributed by atoms with E-state index in [1.807, 2.05) is 0 Å². The lowest BCUT2D eigenvalue weighted by Gasteiger charge is -2.09. The van der Waals surface area contributed by atoms with Gasteiger partial charge in [-0.05, 0) is 72.2 Å². The van der Waals surface area contributed by atoms with Crippen LogP contribution in [0.5, 0.6) is 0 Å². The first-order chi connectivity index (χ1) is 16.4. The highest BCUT2D eigenvalue weighted by Gasteiger charge is 2.05. The minimum Gasteiger partial charge on any atom is -0.0563 e. The average Bonchev–Trinajstić information content (AvgIpc) is 2.83. The van der Waals surface area contributed by atoms with Crippen molar-refractivity contribution in [3.63, 3.8) is 0 Å². The molecule has 0 aliphatic rings. The summed E-state index contributed by atoms with van der Waals surface area (Å²) in [6, 6.07) is 40.1. The molecule has 0 heteroatoms. The van der Waals surface area contributed by atoms with Crippen molar-refractivity contribution in [2.75, 3.05) is 0 Å². The normalized spacial score (nSPS) is 10.9. The van der Waals surface area contributed by atoms with Gasteiger partial charge in [-0.1, -0.05) is 131 Å². The summed E-state index contributed by atoms with van der Waals surface area (Å²) in [4.78, 5) is 0. The van der Waals surface area contributed by atoms with Crippen molar-refractivity contribution in [3.05, 3.63) is 131 Å². The minimum atomic E-state index is 1.24. The van der Waals surface area contributed by atoms with Crippen LogP contribution >= 0.6 is 0 Å². The summed E-state index contributed by atoms with van der Waals surface area (Å²) in [6.45, 7) is 8.62. The number of rotatable bonds is 4. The van der Waals surface area contributed by atoms with Gasteiger partial charge in [-0.3, -0.25) is 0 Å². The van der Waals surface area contributed by atoms with Crippen molar-refractivity contribution < 1.29 is 0 Å². The molecule has 166 valence electrons. The Morgan fingerprint density at radius 1 is 0.235 bits per heavy atom. The quantitative estimate of drug-likeness (QED) is 0.262. The maximum Gasteiger partial charge on any atom is -0.0179 e. The second kappa shape index (κ2) is 9.15. The fourth-order valence-corrected chi connectivity index (χ4v) is 4.85. The van der Waals surface area contributed by atoms with Gasteiger partial charge in [-0.15, -0.1) is 0 Å². The molecule has 0 saturated carbocycles. The summed E-state index contributed by atoms with van der Waals surface area (Å²) in [7, 11) is 0. The van der Waals surface area contributed by atoms with Crippen LogP contribution in [0.3, 0.4) is 0 Å². The lowest BCUT2D eigenvalue weighted by Crippen LogP contribution is -1.85. The lowest BCUT2D eigenvalue weighted by atomic mass is 9.95. The molecule has 0 atom stereocenters. The SMILES string of the molecule is Cc1cc(C)cc(-c2ccc(-c3ccc(-c4ccc(-c5cc(C)cc(C)c5)cc4)cc3)cc2)c1. The van der Waals surface area contributed by atoms with E-state index in [0.717, 1.165) is 0 Å². The summed E-state index contributed by atoms with van der Waals surface area (Å²) in [5.41, 5.74) is 15.3. The van der Waals surface area contributed by atoms with Gasteiger partial charge in [-0.25, -0.2) is 0 Å². The zero-order chi connectivity index (χ0) is 23.7. The largest absolute Gasteiger partial charge is 0.0563 e. The third-order valence-corrected chi connectivity index (χ3v) is 6.43. The van der Waals surface area contributed by atoms with Crippen LogP contribution < -0.4 is 0 Å². The Hall–Kier alpha value is -3.90. The maximum absolute atomic E-state index is 2.25. The van der Waals surface area contributed by atoms with E-state index in [1.165, 1.54) is 66.8 Å². The molecule has 0 aromatic heterocycles. The Bertz CT molecular complexity index is 1280. The van der Waals surface area contributed by atoms with Crippen molar-refractivity contribution in [1.82, 2.24) is 0 Å². The molecule has 5 rings (SSSR count). The molecule has 34 heavy (non-hydrogen) atoms. The van der Waals surface area contributed by atoms with Crippen LogP contribution in [-0.4, -0.2) is 0 Å². The standard InChI is InChI=1S/C34H30/c1-23-17-24(2)20-33(19-23)31-13-9-29(10-14-31)27-5-7-28(8-6-27)30-11-15-32(16-12-30)34-21-25(3)18-26(4)22-34/h5-22H,1-4H3. The lowest BCUT2D eigenvalue weighted by molar-refractivity contribution is 1.38. The molecular weight excluding hydrogens is 408 g/mol. The molecule has 0 heterocycles. The van der Waals surface area contributed by atoms with Gasteiger partial charge < -0.3 is 0 Å². The van der Waals surface area contributed by atoms with E-state index < -0.39 is 0 Å². The molecule has 0 radical (unpaired) electrons. The number of benzene rings is 5. The smallest absolute Gasteiger partial charge is 0.0179 e. The van der Waals surface area contributed by atoms with Crippen LogP contribution in [0.4, 0.5) is 0 Å². The Morgan fingerprint density at radius 3 is 0.618 bits per heavy atom. The summed E-state index contributed by atoms with van der Waals surface area (Å²) in [5, 5.41) is 0. The highest BCUT2D eigenvalue weighted by molar-refractivity contribution is 5.75. The van der Waals surface area contributed by atoms with Crippen molar-refractivity contribution in [3.8, 4) is 44.5 Å². The molecule has 0 fully saturated rings. The number of hydrogen-bond acceptors (Lipinski definition) is 0. The highest BCUT2D eigenvalue weighted by Crippen LogP contribution is 2.30. The summed E-state index contributed by atoms with van der Waals surface area (Å²) in [6.07, 6.45) is 0. The minimum absolute atomic E-state index is 1.24. The van der Waals surface area contributed by atoms with Crippen molar-refractivity contribution in [2.24, 2.45) is 0 Å².